The summed E-state index contributed by atoms with van der Waals surface area (Å²) in [6, 6.07) is 14.1. The molecule has 0 radical (unpaired) electrons. The van der Waals surface area contributed by atoms with Gasteiger partial charge in [0.05, 0.1) is 0 Å². The van der Waals surface area contributed by atoms with Gasteiger partial charge in [-0.05, 0) is 36.8 Å². The molecule has 5 heteroatoms. The molecule has 1 amide bonds. The lowest BCUT2D eigenvalue weighted by Crippen LogP contribution is -2.36. The number of rotatable bonds is 4. The number of anilines is 1. The van der Waals surface area contributed by atoms with E-state index >= 15 is 0 Å². The smallest absolute Gasteiger partial charge is 0.323 e. The molecule has 0 aliphatic heterocycles. The van der Waals surface area contributed by atoms with E-state index in [0.717, 1.165) is 10.0 Å². The highest BCUT2D eigenvalue weighted by atomic mass is 79.9. The van der Waals surface area contributed by atoms with Crippen LogP contribution in [0.5, 0.6) is 0 Å². The summed E-state index contributed by atoms with van der Waals surface area (Å²) in [4.78, 5) is 25.0. The standard InChI is InChI=1S/C16H14BrNO3/c1-11-13(8-5-9-14(11)17)16(21)18(10-15(19)20)12-6-3-2-4-7-12/h2-9H,10H2,1H3,(H,19,20). The maximum Gasteiger partial charge on any atom is 0.323 e. The lowest BCUT2D eigenvalue weighted by molar-refractivity contribution is -0.135. The summed E-state index contributed by atoms with van der Waals surface area (Å²) in [6.45, 7) is 1.44. The summed E-state index contributed by atoms with van der Waals surface area (Å²) in [6.07, 6.45) is 0. The first-order valence-electron chi connectivity index (χ1n) is 6.34. The van der Waals surface area contributed by atoms with Gasteiger partial charge in [-0.1, -0.05) is 40.2 Å². The van der Waals surface area contributed by atoms with Crippen molar-refractivity contribution in [2.45, 2.75) is 6.92 Å². The molecule has 4 nitrogen and oxygen atoms in total. The predicted octanol–water partition coefficient (Wildman–Crippen LogP) is 3.49. The average molecular weight is 348 g/mol. The van der Waals surface area contributed by atoms with Gasteiger partial charge in [0.15, 0.2) is 0 Å². The Morgan fingerprint density at radius 2 is 1.76 bits per heavy atom. The van der Waals surface area contributed by atoms with Crippen molar-refractivity contribution in [1.29, 1.82) is 0 Å². The summed E-state index contributed by atoms with van der Waals surface area (Å²) < 4.78 is 0.816. The van der Waals surface area contributed by atoms with Crippen LogP contribution in [0.4, 0.5) is 5.69 Å². The van der Waals surface area contributed by atoms with Gasteiger partial charge in [-0.3, -0.25) is 14.5 Å². The molecule has 0 saturated heterocycles. The van der Waals surface area contributed by atoms with E-state index in [2.05, 4.69) is 15.9 Å². The van der Waals surface area contributed by atoms with E-state index in [4.69, 9.17) is 5.11 Å². The highest BCUT2D eigenvalue weighted by Gasteiger charge is 2.22. The van der Waals surface area contributed by atoms with E-state index < -0.39 is 5.97 Å². The fourth-order valence-corrected chi connectivity index (χ4v) is 2.37. The highest BCUT2D eigenvalue weighted by molar-refractivity contribution is 9.10. The lowest BCUT2D eigenvalue weighted by Gasteiger charge is -2.22. The number of para-hydroxylation sites is 1. The normalized spacial score (nSPS) is 10.2. The number of aliphatic carboxylic acids is 1. The van der Waals surface area contributed by atoms with E-state index in [1.807, 2.05) is 19.1 Å². The van der Waals surface area contributed by atoms with E-state index in [1.54, 1.807) is 36.4 Å². The van der Waals surface area contributed by atoms with E-state index in [9.17, 15) is 9.59 Å². The summed E-state index contributed by atoms with van der Waals surface area (Å²) in [5.74, 6) is -1.39. The second kappa shape index (κ2) is 6.54. The van der Waals surface area contributed by atoms with Crippen molar-refractivity contribution in [1.82, 2.24) is 0 Å². The van der Waals surface area contributed by atoms with Crippen molar-refractivity contribution in [3.8, 4) is 0 Å². The van der Waals surface area contributed by atoms with Gasteiger partial charge in [-0.15, -0.1) is 0 Å². The molecule has 0 unspecified atom stereocenters. The van der Waals surface area contributed by atoms with Crippen molar-refractivity contribution in [2.75, 3.05) is 11.4 Å². The Hall–Kier alpha value is -2.14. The Kier molecular flexibility index (Phi) is 4.75. The molecule has 2 rings (SSSR count). The van der Waals surface area contributed by atoms with E-state index in [1.165, 1.54) is 4.90 Å². The fraction of sp³-hybridized carbons (Fsp3) is 0.125. The van der Waals surface area contributed by atoms with Crippen LogP contribution in [0.1, 0.15) is 15.9 Å². The van der Waals surface area contributed by atoms with E-state index in [0.29, 0.717) is 11.3 Å². The molecule has 2 aromatic rings. The van der Waals surface area contributed by atoms with Gasteiger partial charge in [-0.25, -0.2) is 0 Å². The molecule has 0 aliphatic carbocycles. The van der Waals surface area contributed by atoms with Gasteiger partial charge >= 0.3 is 5.97 Å². The number of halogens is 1. The quantitative estimate of drug-likeness (QED) is 0.920. The summed E-state index contributed by atoms with van der Waals surface area (Å²) in [5.41, 5.74) is 1.83. The van der Waals surface area contributed by atoms with Crippen LogP contribution in [0.3, 0.4) is 0 Å². The third-order valence-electron chi connectivity index (χ3n) is 3.10. The average Bonchev–Trinajstić information content (AvgIpc) is 2.48. The largest absolute Gasteiger partial charge is 0.480 e. The number of amides is 1. The van der Waals surface area contributed by atoms with Gasteiger partial charge in [0.2, 0.25) is 0 Å². The zero-order valence-corrected chi connectivity index (χ0v) is 13.0. The first-order valence-corrected chi connectivity index (χ1v) is 7.14. The fourth-order valence-electron chi connectivity index (χ4n) is 2.01. The molecular formula is C16H14BrNO3. The second-order valence-corrected chi connectivity index (χ2v) is 5.39. The van der Waals surface area contributed by atoms with Crippen LogP contribution >= 0.6 is 15.9 Å². The van der Waals surface area contributed by atoms with Crippen LogP contribution < -0.4 is 4.90 Å². The number of benzene rings is 2. The maximum absolute atomic E-state index is 12.7. The number of carboxylic acid groups (broad SMARTS) is 1. The summed E-state index contributed by atoms with van der Waals surface area (Å²) >= 11 is 3.38. The van der Waals surface area contributed by atoms with Gasteiger partial charge in [0.25, 0.3) is 5.91 Å². The molecule has 21 heavy (non-hydrogen) atoms. The predicted molar refractivity (Wildman–Crippen MR) is 84.6 cm³/mol. The lowest BCUT2D eigenvalue weighted by atomic mass is 10.1. The third kappa shape index (κ3) is 3.49. The van der Waals surface area contributed by atoms with Crippen LogP contribution in [0.25, 0.3) is 0 Å². The molecule has 0 aliphatic rings. The minimum atomic E-state index is -1.06. The molecular weight excluding hydrogens is 334 g/mol. The van der Waals surface area contributed by atoms with Crippen molar-refractivity contribution in [2.24, 2.45) is 0 Å². The van der Waals surface area contributed by atoms with Crippen molar-refractivity contribution >= 4 is 33.5 Å². The molecule has 108 valence electrons. The van der Waals surface area contributed by atoms with Crippen LogP contribution in [-0.2, 0) is 4.79 Å². The Bertz CT molecular complexity index is 670. The molecule has 0 bridgehead atoms. The Morgan fingerprint density at radius 3 is 2.38 bits per heavy atom. The Morgan fingerprint density at radius 1 is 1.10 bits per heavy atom. The van der Waals surface area contributed by atoms with Crippen molar-refractivity contribution in [3.05, 3.63) is 64.1 Å². The molecule has 0 spiro atoms. The number of carboxylic acids is 1. The molecule has 0 heterocycles. The monoisotopic (exact) mass is 347 g/mol. The van der Waals surface area contributed by atoms with Crippen molar-refractivity contribution in [3.63, 3.8) is 0 Å². The summed E-state index contributed by atoms with van der Waals surface area (Å²) in [5, 5.41) is 9.06. The number of hydrogen-bond acceptors (Lipinski definition) is 2. The first-order chi connectivity index (χ1) is 10.0. The Labute approximate surface area is 131 Å². The molecule has 1 N–H and O–H groups in total. The number of carbonyl (C=O) groups excluding carboxylic acids is 1. The van der Waals surface area contributed by atoms with Crippen LogP contribution in [-0.4, -0.2) is 23.5 Å². The highest BCUT2D eigenvalue weighted by Crippen LogP contribution is 2.23. The summed E-state index contributed by atoms with van der Waals surface area (Å²) in [7, 11) is 0. The zero-order valence-electron chi connectivity index (χ0n) is 11.4. The van der Waals surface area contributed by atoms with Gasteiger partial charge in [-0.2, -0.15) is 0 Å². The minimum absolute atomic E-state index is 0.331. The topological polar surface area (TPSA) is 57.6 Å². The van der Waals surface area contributed by atoms with Crippen LogP contribution in [0, 0.1) is 6.92 Å². The van der Waals surface area contributed by atoms with Crippen molar-refractivity contribution < 1.29 is 14.7 Å². The SMILES string of the molecule is Cc1c(Br)cccc1C(=O)N(CC(=O)O)c1ccccc1. The van der Waals surface area contributed by atoms with Gasteiger partial charge < -0.3 is 5.11 Å². The molecule has 0 atom stereocenters. The molecule has 2 aromatic carbocycles. The molecule has 0 saturated carbocycles. The number of hydrogen-bond donors (Lipinski definition) is 1. The van der Waals surface area contributed by atoms with E-state index in [-0.39, 0.29) is 12.5 Å². The second-order valence-electron chi connectivity index (χ2n) is 4.53. The van der Waals surface area contributed by atoms with Crippen LogP contribution in [0.15, 0.2) is 53.0 Å². The van der Waals surface area contributed by atoms with Crippen LogP contribution in [0.2, 0.25) is 0 Å². The van der Waals surface area contributed by atoms with Gasteiger partial charge in [0.1, 0.15) is 6.54 Å². The maximum atomic E-state index is 12.7. The number of nitrogens with zero attached hydrogens (tertiary/aromatic N) is 1. The Balaban J connectivity index is 2.44. The first kappa shape index (κ1) is 15.3. The zero-order chi connectivity index (χ0) is 15.4. The number of carbonyl (C=O) groups is 2. The molecule has 0 aromatic heterocycles. The van der Waals surface area contributed by atoms with Gasteiger partial charge in [0, 0.05) is 15.7 Å². The third-order valence-corrected chi connectivity index (χ3v) is 3.96. The minimum Gasteiger partial charge on any atom is -0.480 e. The molecule has 0 fully saturated rings.